The van der Waals surface area contributed by atoms with Crippen LogP contribution in [0.1, 0.15) is 56.1 Å². The summed E-state index contributed by atoms with van der Waals surface area (Å²) in [6, 6.07) is 8.24. The fourth-order valence-corrected chi connectivity index (χ4v) is 7.95. The van der Waals surface area contributed by atoms with Crippen molar-refractivity contribution in [1.29, 1.82) is 0 Å². The summed E-state index contributed by atoms with van der Waals surface area (Å²) in [6.07, 6.45) is 1.23. The fourth-order valence-electron chi connectivity index (χ4n) is 5.79. The van der Waals surface area contributed by atoms with Crippen LogP contribution in [0.4, 0.5) is 13.2 Å². The quantitative estimate of drug-likeness (QED) is 0.418. The van der Waals surface area contributed by atoms with E-state index in [4.69, 9.17) is 14.3 Å². The summed E-state index contributed by atoms with van der Waals surface area (Å²) in [7, 11) is -4.13. The van der Waals surface area contributed by atoms with Crippen molar-refractivity contribution < 1.29 is 40.7 Å². The Morgan fingerprint density at radius 3 is 2.37 bits per heavy atom. The number of benzene rings is 1. The number of hydroxylamine groups is 1. The number of alkyl halides is 3. The van der Waals surface area contributed by atoms with Crippen molar-refractivity contribution in [3.8, 4) is 5.75 Å². The molecular weight excluding hydrogens is 589 g/mol. The largest absolute Gasteiger partial charge is 0.490 e. The number of piperidine rings is 2. The number of likely N-dealkylation sites (tertiary alicyclic amines) is 1. The fraction of sp³-hybridized carbons (Fsp3) is 0.586. The van der Waals surface area contributed by atoms with Crippen LogP contribution >= 0.6 is 0 Å². The molecular formula is C29H37F3N4O6S. The van der Waals surface area contributed by atoms with E-state index in [1.54, 1.807) is 12.4 Å². The number of pyridine rings is 1. The highest BCUT2D eigenvalue weighted by atomic mass is 32.2. The highest BCUT2D eigenvalue weighted by molar-refractivity contribution is 7.91. The number of amides is 1. The summed E-state index contributed by atoms with van der Waals surface area (Å²) in [6.45, 7) is 2.11. The molecule has 1 amide bonds. The lowest BCUT2D eigenvalue weighted by Crippen LogP contribution is -2.63. The number of halogens is 3. The lowest BCUT2D eigenvalue weighted by Gasteiger charge is -2.43. The monoisotopic (exact) mass is 626 g/mol. The van der Waals surface area contributed by atoms with E-state index in [9.17, 15) is 26.4 Å². The first-order chi connectivity index (χ1) is 20.6. The molecule has 1 unspecified atom stereocenters. The molecule has 0 bridgehead atoms. The van der Waals surface area contributed by atoms with E-state index >= 15 is 0 Å². The van der Waals surface area contributed by atoms with Crippen LogP contribution in [0.25, 0.3) is 0 Å². The third-order valence-corrected chi connectivity index (χ3v) is 11.0. The minimum absolute atomic E-state index is 0.0816. The van der Waals surface area contributed by atoms with Crippen LogP contribution in [-0.2, 0) is 37.1 Å². The van der Waals surface area contributed by atoms with E-state index in [-0.39, 0.29) is 37.8 Å². The maximum absolute atomic E-state index is 14.2. The third kappa shape index (κ3) is 7.48. The van der Waals surface area contributed by atoms with Crippen LogP contribution < -0.4 is 10.2 Å². The first-order valence-corrected chi connectivity index (χ1v) is 16.0. The van der Waals surface area contributed by atoms with Crippen molar-refractivity contribution >= 4 is 15.9 Å². The SMILES string of the molecule is O=C(NOC1CCCCO1)C1(S(=O)(=O)N2CCC(Oc3ccc(C(F)(F)F)cc3)CC2)CCN(Cc2cccnc2)CC1. The number of sulfonamides is 1. The number of nitrogens with one attached hydrogen (secondary N) is 1. The molecule has 1 atom stereocenters. The van der Waals surface area contributed by atoms with Gasteiger partial charge in [0.2, 0.25) is 10.0 Å². The van der Waals surface area contributed by atoms with E-state index < -0.39 is 38.7 Å². The van der Waals surface area contributed by atoms with Gasteiger partial charge in [-0.15, -0.1) is 0 Å². The highest BCUT2D eigenvalue weighted by Gasteiger charge is 2.55. The van der Waals surface area contributed by atoms with E-state index in [0.717, 1.165) is 30.5 Å². The second kappa shape index (κ2) is 13.5. The van der Waals surface area contributed by atoms with E-state index in [2.05, 4.69) is 15.4 Å². The molecule has 10 nitrogen and oxygen atoms in total. The average Bonchev–Trinajstić information content (AvgIpc) is 3.01. The Labute approximate surface area is 249 Å². The second-order valence-electron chi connectivity index (χ2n) is 11.2. The van der Waals surface area contributed by atoms with E-state index in [0.29, 0.717) is 45.5 Å². The second-order valence-corrected chi connectivity index (χ2v) is 13.5. The Hall–Kier alpha value is -2.78. The highest BCUT2D eigenvalue weighted by Crippen LogP contribution is 2.36. The van der Waals surface area contributed by atoms with Crippen LogP contribution in [0.5, 0.6) is 5.75 Å². The zero-order valence-corrected chi connectivity index (χ0v) is 24.6. The van der Waals surface area contributed by atoms with Crippen LogP contribution in [-0.4, -0.2) is 78.4 Å². The van der Waals surface area contributed by atoms with Gasteiger partial charge in [-0.25, -0.2) is 23.0 Å². The number of hydrogen-bond acceptors (Lipinski definition) is 8. The van der Waals surface area contributed by atoms with Crippen LogP contribution in [0.3, 0.4) is 0 Å². The molecule has 0 spiro atoms. The first kappa shape index (κ1) is 31.6. The third-order valence-electron chi connectivity index (χ3n) is 8.35. The smallest absolute Gasteiger partial charge is 0.416 e. The molecule has 1 N–H and O–H groups in total. The molecule has 1 aromatic heterocycles. The van der Waals surface area contributed by atoms with Gasteiger partial charge in [-0.05, 0) is 74.4 Å². The molecule has 0 aliphatic carbocycles. The predicted octanol–water partition coefficient (Wildman–Crippen LogP) is 3.88. The molecule has 2 aromatic rings. The molecule has 236 valence electrons. The molecule has 3 aliphatic heterocycles. The standard InChI is InChI=1S/C29H37F3N4O6S/c30-29(31,32)23-6-8-24(9-7-23)41-25-10-15-36(16-11-25)43(38,39)28(27(37)34-42-26-5-1-2-19-40-26)12-17-35(18-13-28)21-22-4-3-14-33-20-22/h3-4,6-9,14,20,25-26H,1-2,5,10-13,15-19,21H2,(H,34,37). The van der Waals surface area contributed by atoms with Gasteiger partial charge in [-0.1, -0.05) is 6.07 Å². The zero-order chi connectivity index (χ0) is 30.5. The molecule has 3 saturated heterocycles. The Bertz CT molecular complexity index is 1310. The molecule has 5 rings (SSSR count). The van der Waals surface area contributed by atoms with Gasteiger partial charge in [0.15, 0.2) is 11.0 Å². The van der Waals surface area contributed by atoms with E-state index in [1.807, 2.05) is 12.1 Å². The first-order valence-electron chi connectivity index (χ1n) is 14.6. The van der Waals surface area contributed by atoms with Crippen molar-refractivity contribution in [2.45, 2.75) is 74.8 Å². The summed E-state index contributed by atoms with van der Waals surface area (Å²) in [5.74, 6) is -0.418. The number of carbonyl (C=O) groups excluding carboxylic acids is 1. The van der Waals surface area contributed by atoms with Crippen molar-refractivity contribution in [1.82, 2.24) is 19.7 Å². The van der Waals surface area contributed by atoms with Crippen molar-refractivity contribution in [3.63, 3.8) is 0 Å². The van der Waals surface area contributed by atoms with Crippen molar-refractivity contribution in [2.24, 2.45) is 0 Å². The minimum Gasteiger partial charge on any atom is -0.490 e. The Balaban J connectivity index is 1.25. The lowest BCUT2D eigenvalue weighted by molar-refractivity contribution is -0.202. The van der Waals surface area contributed by atoms with Crippen LogP contribution in [0, 0.1) is 0 Å². The number of nitrogens with zero attached hydrogens (tertiary/aromatic N) is 3. The summed E-state index contributed by atoms with van der Waals surface area (Å²) >= 11 is 0. The number of ether oxygens (including phenoxy) is 2. The number of carbonyl (C=O) groups is 1. The summed E-state index contributed by atoms with van der Waals surface area (Å²) in [5.41, 5.74) is 2.65. The topological polar surface area (TPSA) is 110 Å². The van der Waals surface area contributed by atoms with E-state index in [1.165, 1.54) is 16.4 Å². The molecule has 3 fully saturated rings. The molecule has 14 heteroatoms. The molecule has 43 heavy (non-hydrogen) atoms. The zero-order valence-electron chi connectivity index (χ0n) is 23.8. The predicted molar refractivity (Wildman–Crippen MR) is 150 cm³/mol. The van der Waals surface area contributed by atoms with Gasteiger partial charge in [-0.3, -0.25) is 14.7 Å². The van der Waals surface area contributed by atoms with Crippen LogP contribution in [0.15, 0.2) is 48.8 Å². The summed E-state index contributed by atoms with van der Waals surface area (Å²) < 4.78 is 78.1. The Morgan fingerprint density at radius 1 is 1.05 bits per heavy atom. The Morgan fingerprint density at radius 2 is 1.77 bits per heavy atom. The maximum atomic E-state index is 14.2. The minimum atomic E-state index is -4.44. The molecule has 4 heterocycles. The molecule has 0 radical (unpaired) electrons. The molecule has 1 aromatic carbocycles. The van der Waals surface area contributed by atoms with Gasteiger partial charge in [0.1, 0.15) is 11.9 Å². The van der Waals surface area contributed by atoms with Gasteiger partial charge >= 0.3 is 6.18 Å². The van der Waals surface area contributed by atoms with Crippen LogP contribution in [0.2, 0.25) is 0 Å². The molecule has 3 aliphatic rings. The molecule has 0 saturated carbocycles. The van der Waals surface area contributed by atoms with Crippen molar-refractivity contribution in [3.05, 3.63) is 59.9 Å². The van der Waals surface area contributed by atoms with Gasteiger partial charge in [0.05, 0.1) is 5.56 Å². The summed E-state index contributed by atoms with van der Waals surface area (Å²) in [5, 5.41) is 0. The average molecular weight is 627 g/mol. The Kier molecular flexibility index (Phi) is 9.91. The van der Waals surface area contributed by atoms with Crippen molar-refractivity contribution in [2.75, 3.05) is 32.8 Å². The maximum Gasteiger partial charge on any atom is 0.416 e. The normalized spacial score (nSPS) is 22.6. The number of rotatable bonds is 9. The van der Waals surface area contributed by atoms with Gasteiger partial charge in [0.25, 0.3) is 5.91 Å². The number of hydrogen-bond donors (Lipinski definition) is 1. The van der Waals surface area contributed by atoms with Gasteiger partial charge in [-0.2, -0.15) is 13.2 Å². The van der Waals surface area contributed by atoms with Gasteiger partial charge in [0, 0.05) is 58.1 Å². The summed E-state index contributed by atoms with van der Waals surface area (Å²) in [4.78, 5) is 25.5. The van der Waals surface area contributed by atoms with Gasteiger partial charge < -0.3 is 9.47 Å². The number of aromatic nitrogens is 1. The lowest BCUT2D eigenvalue weighted by atomic mass is 9.94.